The smallest absolute Gasteiger partial charge is 0.0618 e. The fourth-order valence-corrected chi connectivity index (χ4v) is 2.54. The topological polar surface area (TPSA) is 15.3 Å². The lowest BCUT2D eigenvalue weighted by Gasteiger charge is -2.38. The fourth-order valence-electron chi connectivity index (χ4n) is 2.54. The number of hydrogen-bond donors (Lipinski definition) is 1. The average Bonchev–Trinajstić information content (AvgIpc) is 2.26. The first-order valence-corrected chi connectivity index (χ1v) is 6.54. The number of nitrogens with one attached hydrogen (secondary N) is 1. The number of benzene rings is 1. The molecule has 94 valence electrons. The van der Waals surface area contributed by atoms with Crippen LogP contribution in [0.25, 0.3) is 0 Å². The van der Waals surface area contributed by atoms with Gasteiger partial charge in [-0.15, -0.1) is 0 Å². The van der Waals surface area contributed by atoms with E-state index in [2.05, 4.69) is 63.2 Å². The van der Waals surface area contributed by atoms with Crippen molar-refractivity contribution >= 4 is 11.4 Å². The Morgan fingerprint density at radius 1 is 1.35 bits per heavy atom. The summed E-state index contributed by atoms with van der Waals surface area (Å²) in [4.78, 5) is 2.37. The Kier molecular flexibility index (Phi) is 3.07. The van der Waals surface area contributed by atoms with Gasteiger partial charge in [0, 0.05) is 19.6 Å². The molecule has 17 heavy (non-hydrogen) atoms. The van der Waals surface area contributed by atoms with E-state index >= 15 is 0 Å². The van der Waals surface area contributed by atoms with E-state index in [0.717, 1.165) is 6.54 Å². The molecule has 1 aromatic carbocycles. The average molecular weight is 232 g/mol. The van der Waals surface area contributed by atoms with Crippen LogP contribution in [0.5, 0.6) is 0 Å². The lowest BCUT2D eigenvalue weighted by atomic mass is 9.84. The maximum absolute atomic E-state index is 3.71. The lowest BCUT2D eigenvalue weighted by Crippen LogP contribution is -2.40. The molecule has 1 aliphatic heterocycles. The van der Waals surface area contributed by atoms with Crippen LogP contribution in [0.1, 0.15) is 39.7 Å². The minimum absolute atomic E-state index is 0.189. The van der Waals surface area contributed by atoms with Crippen LogP contribution in [0.2, 0.25) is 0 Å². The molecule has 0 bridgehead atoms. The summed E-state index contributed by atoms with van der Waals surface area (Å²) in [7, 11) is 2.19. The van der Waals surface area contributed by atoms with E-state index in [1.807, 2.05) is 0 Å². The number of para-hydroxylation sites is 1. The highest BCUT2D eigenvalue weighted by molar-refractivity contribution is 5.77. The van der Waals surface area contributed by atoms with Gasteiger partial charge in [-0.05, 0) is 23.5 Å². The summed E-state index contributed by atoms with van der Waals surface area (Å²) in [5.74, 6) is 0. The van der Waals surface area contributed by atoms with Crippen LogP contribution in [0.3, 0.4) is 0 Å². The van der Waals surface area contributed by atoms with Crippen LogP contribution in [0.4, 0.5) is 11.4 Å². The van der Waals surface area contributed by atoms with Gasteiger partial charge in [0.2, 0.25) is 0 Å². The van der Waals surface area contributed by atoms with Crippen molar-refractivity contribution in [3.05, 3.63) is 23.8 Å². The van der Waals surface area contributed by atoms with Crippen molar-refractivity contribution in [1.29, 1.82) is 0 Å². The number of anilines is 2. The second-order valence-electron chi connectivity index (χ2n) is 6.08. The van der Waals surface area contributed by atoms with Crippen LogP contribution in [0, 0.1) is 0 Å². The minimum Gasteiger partial charge on any atom is -0.379 e. The molecule has 1 aliphatic rings. The molecule has 2 heteroatoms. The fraction of sp³-hybridized carbons (Fsp3) is 0.600. The van der Waals surface area contributed by atoms with Gasteiger partial charge in [0.15, 0.2) is 0 Å². The molecule has 0 amide bonds. The first-order valence-electron chi connectivity index (χ1n) is 6.54. The summed E-state index contributed by atoms with van der Waals surface area (Å²) < 4.78 is 0. The van der Waals surface area contributed by atoms with E-state index in [9.17, 15) is 0 Å². The Bertz CT molecular complexity index is 404. The minimum atomic E-state index is 0.189. The highest BCUT2D eigenvalue weighted by Crippen LogP contribution is 2.39. The van der Waals surface area contributed by atoms with Crippen LogP contribution < -0.4 is 10.2 Å². The zero-order valence-corrected chi connectivity index (χ0v) is 11.7. The monoisotopic (exact) mass is 232 g/mol. The Balaban J connectivity index is 2.49. The predicted octanol–water partition coefficient (Wildman–Crippen LogP) is 3.62. The number of fused-ring (bicyclic) bond motifs is 1. The summed E-state index contributed by atoms with van der Waals surface area (Å²) in [5, 5.41) is 3.71. The molecular weight excluding hydrogens is 208 g/mol. The molecule has 0 saturated carbocycles. The molecule has 1 unspecified atom stereocenters. The third-order valence-corrected chi connectivity index (χ3v) is 3.60. The molecule has 0 aliphatic carbocycles. The number of likely N-dealkylation sites (N-methyl/N-ethyl adjacent to an activating group) is 1. The molecule has 0 saturated heterocycles. The standard InChI is InChI=1S/C15H24N2/c1-6-11-10-17(5)13-9-7-8-12(14(13)16-11)15(2,3)4/h7-9,11,16H,6,10H2,1-5H3. The molecule has 2 rings (SSSR count). The van der Waals surface area contributed by atoms with Crippen LogP contribution in [0.15, 0.2) is 18.2 Å². The van der Waals surface area contributed by atoms with Gasteiger partial charge in [0.1, 0.15) is 0 Å². The SMILES string of the molecule is CCC1CN(C)c2cccc(C(C)(C)C)c2N1. The molecule has 0 aromatic heterocycles. The van der Waals surface area contributed by atoms with Gasteiger partial charge < -0.3 is 10.2 Å². The van der Waals surface area contributed by atoms with Crippen molar-refractivity contribution < 1.29 is 0 Å². The van der Waals surface area contributed by atoms with Gasteiger partial charge in [-0.3, -0.25) is 0 Å². The van der Waals surface area contributed by atoms with Crippen molar-refractivity contribution in [2.75, 3.05) is 23.8 Å². The molecule has 2 nitrogen and oxygen atoms in total. The van der Waals surface area contributed by atoms with Gasteiger partial charge in [-0.1, -0.05) is 39.8 Å². The number of nitrogens with zero attached hydrogens (tertiary/aromatic N) is 1. The van der Waals surface area contributed by atoms with E-state index < -0.39 is 0 Å². The molecule has 0 spiro atoms. The van der Waals surface area contributed by atoms with E-state index in [1.54, 1.807) is 0 Å². The molecule has 0 radical (unpaired) electrons. The second kappa shape index (κ2) is 4.25. The Labute approximate surface area is 105 Å². The number of rotatable bonds is 1. The maximum Gasteiger partial charge on any atom is 0.0618 e. The zero-order valence-electron chi connectivity index (χ0n) is 11.7. The summed E-state index contributed by atoms with van der Waals surface area (Å²) >= 11 is 0. The van der Waals surface area contributed by atoms with Gasteiger partial charge >= 0.3 is 0 Å². The van der Waals surface area contributed by atoms with Crippen LogP contribution in [-0.2, 0) is 5.41 Å². The number of hydrogen-bond acceptors (Lipinski definition) is 2. The van der Waals surface area contributed by atoms with Crippen LogP contribution >= 0.6 is 0 Å². The summed E-state index contributed by atoms with van der Waals surface area (Å²) in [5.41, 5.74) is 4.28. The van der Waals surface area contributed by atoms with Gasteiger partial charge in [-0.2, -0.15) is 0 Å². The Hall–Kier alpha value is -1.18. The third kappa shape index (κ3) is 2.26. The van der Waals surface area contributed by atoms with Gasteiger partial charge in [0.25, 0.3) is 0 Å². The predicted molar refractivity (Wildman–Crippen MR) is 76.1 cm³/mol. The molecular formula is C15H24N2. The molecule has 1 heterocycles. The first kappa shape index (κ1) is 12.3. The van der Waals surface area contributed by atoms with E-state index in [-0.39, 0.29) is 5.41 Å². The van der Waals surface area contributed by atoms with Crippen molar-refractivity contribution in [1.82, 2.24) is 0 Å². The third-order valence-electron chi connectivity index (χ3n) is 3.60. The largest absolute Gasteiger partial charge is 0.379 e. The summed E-state index contributed by atoms with van der Waals surface area (Å²) in [6, 6.07) is 7.20. The zero-order chi connectivity index (χ0) is 12.6. The lowest BCUT2D eigenvalue weighted by molar-refractivity contribution is 0.584. The van der Waals surface area contributed by atoms with Crippen molar-refractivity contribution in [2.45, 2.75) is 45.6 Å². The maximum atomic E-state index is 3.71. The van der Waals surface area contributed by atoms with E-state index in [1.165, 1.54) is 23.4 Å². The molecule has 1 N–H and O–H groups in total. The highest BCUT2D eigenvalue weighted by Gasteiger charge is 2.26. The Morgan fingerprint density at radius 3 is 2.65 bits per heavy atom. The quantitative estimate of drug-likeness (QED) is 0.795. The van der Waals surface area contributed by atoms with Crippen molar-refractivity contribution in [2.24, 2.45) is 0 Å². The summed E-state index contributed by atoms with van der Waals surface area (Å²) in [6.07, 6.45) is 1.17. The van der Waals surface area contributed by atoms with Crippen molar-refractivity contribution in [3.63, 3.8) is 0 Å². The normalized spacial score (nSPS) is 19.8. The molecule has 1 aromatic rings. The Morgan fingerprint density at radius 2 is 2.06 bits per heavy atom. The highest BCUT2D eigenvalue weighted by atomic mass is 15.2. The van der Waals surface area contributed by atoms with E-state index in [0.29, 0.717) is 6.04 Å². The van der Waals surface area contributed by atoms with Crippen LogP contribution in [-0.4, -0.2) is 19.6 Å². The molecule has 1 atom stereocenters. The molecule has 0 fully saturated rings. The first-order chi connectivity index (χ1) is 7.93. The van der Waals surface area contributed by atoms with E-state index in [4.69, 9.17) is 0 Å². The second-order valence-corrected chi connectivity index (χ2v) is 6.08. The van der Waals surface area contributed by atoms with Crippen molar-refractivity contribution in [3.8, 4) is 0 Å². The summed E-state index contributed by atoms with van der Waals surface area (Å²) in [6.45, 7) is 10.2. The van der Waals surface area contributed by atoms with Gasteiger partial charge in [-0.25, -0.2) is 0 Å². The van der Waals surface area contributed by atoms with Gasteiger partial charge in [0.05, 0.1) is 11.4 Å².